The number of aryl methyl sites for hydroxylation is 2. The summed E-state index contributed by atoms with van der Waals surface area (Å²) in [6, 6.07) is 8.06. The molecule has 1 aromatic heterocycles. The molecule has 0 aliphatic rings. The van der Waals surface area contributed by atoms with Gasteiger partial charge in [0.25, 0.3) is 0 Å². The Morgan fingerprint density at radius 1 is 1.18 bits per heavy atom. The highest BCUT2D eigenvalue weighted by atomic mass is 16.5. The van der Waals surface area contributed by atoms with E-state index in [1.807, 2.05) is 44.3 Å². The number of nitrogens with one attached hydrogen (secondary N) is 1. The number of hydrogen-bond acceptors (Lipinski definition) is 2. The van der Waals surface area contributed by atoms with Crippen LogP contribution in [0.15, 0.2) is 30.5 Å². The van der Waals surface area contributed by atoms with Crippen molar-refractivity contribution in [3.63, 3.8) is 0 Å². The summed E-state index contributed by atoms with van der Waals surface area (Å²) in [5.41, 5.74) is 4.53. The molecule has 0 spiro atoms. The average Bonchev–Trinajstić information content (AvgIpc) is 2.71. The Labute approximate surface area is 100 Å². The van der Waals surface area contributed by atoms with Gasteiger partial charge in [0.1, 0.15) is 0 Å². The molecule has 1 heterocycles. The molecule has 0 bridgehead atoms. The number of rotatable bonds is 2. The quantitative estimate of drug-likeness (QED) is 0.804. The van der Waals surface area contributed by atoms with Crippen molar-refractivity contribution in [1.82, 2.24) is 4.98 Å². The second-order valence-electron chi connectivity index (χ2n) is 4.06. The van der Waals surface area contributed by atoms with Crippen molar-refractivity contribution in [2.24, 2.45) is 0 Å². The highest BCUT2D eigenvalue weighted by Gasteiger charge is 2.17. The first-order valence-corrected chi connectivity index (χ1v) is 5.47. The van der Waals surface area contributed by atoms with Crippen LogP contribution in [0.1, 0.15) is 21.6 Å². The van der Waals surface area contributed by atoms with E-state index in [-0.39, 0.29) is 5.97 Å². The highest BCUT2D eigenvalue weighted by molar-refractivity contribution is 5.98. The Balaban J connectivity index is 2.52. The summed E-state index contributed by atoms with van der Waals surface area (Å²) in [6.45, 7) is 3.90. The lowest BCUT2D eigenvalue weighted by molar-refractivity contribution is 0.0601. The first-order valence-electron chi connectivity index (χ1n) is 5.47. The predicted octanol–water partition coefficient (Wildman–Crippen LogP) is 3.09. The van der Waals surface area contributed by atoms with Crippen molar-refractivity contribution in [3.8, 4) is 11.1 Å². The molecule has 2 aromatic rings. The van der Waals surface area contributed by atoms with Gasteiger partial charge >= 0.3 is 5.97 Å². The Kier molecular flexibility index (Phi) is 3.00. The Bertz CT molecular complexity index is 538. The zero-order chi connectivity index (χ0) is 12.4. The molecule has 0 aliphatic carbocycles. The highest BCUT2D eigenvalue weighted by Crippen LogP contribution is 2.26. The van der Waals surface area contributed by atoms with Crippen LogP contribution in [0.3, 0.4) is 0 Å². The molecule has 2 rings (SSSR count). The van der Waals surface area contributed by atoms with E-state index < -0.39 is 0 Å². The van der Waals surface area contributed by atoms with E-state index in [9.17, 15) is 4.79 Å². The average molecular weight is 229 g/mol. The maximum Gasteiger partial charge on any atom is 0.340 e. The lowest BCUT2D eigenvalue weighted by atomic mass is 10.0. The molecular formula is C14H15NO2. The zero-order valence-electron chi connectivity index (χ0n) is 10.2. The Hall–Kier alpha value is -2.03. The lowest BCUT2D eigenvalue weighted by Gasteiger charge is -2.04. The molecule has 1 aromatic carbocycles. The van der Waals surface area contributed by atoms with E-state index in [2.05, 4.69) is 4.98 Å². The second kappa shape index (κ2) is 4.45. The number of benzene rings is 1. The van der Waals surface area contributed by atoms with E-state index in [0.717, 1.165) is 16.8 Å². The number of aromatic amines is 1. The van der Waals surface area contributed by atoms with Crippen LogP contribution in [-0.4, -0.2) is 18.1 Å². The minimum Gasteiger partial charge on any atom is -0.465 e. The summed E-state index contributed by atoms with van der Waals surface area (Å²) in [6.07, 6.45) is 1.84. The van der Waals surface area contributed by atoms with Crippen LogP contribution >= 0.6 is 0 Å². The maximum atomic E-state index is 11.7. The minimum absolute atomic E-state index is 0.306. The molecule has 0 saturated carbocycles. The van der Waals surface area contributed by atoms with Crippen molar-refractivity contribution in [2.75, 3.05) is 7.11 Å². The van der Waals surface area contributed by atoms with Gasteiger partial charge in [-0.05, 0) is 19.4 Å². The number of methoxy groups -OCH3 is 1. The summed E-state index contributed by atoms with van der Waals surface area (Å²) in [4.78, 5) is 14.8. The summed E-state index contributed by atoms with van der Waals surface area (Å²) in [5.74, 6) is -0.306. The van der Waals surface area contributed by atoms with E-state index in [4.69, 9.17) is 4.74 Å². The van der Waals surface area contributed by atoms with Crippen molar-refractivity contribution >= 4 is 5.97 Å². The summed E-state index contributed by atoms with van der Waals surface area (Å²) < 4.78 is 4.80. The fraction of sp³-hybridized carbons (Fsp3) is 0.214. The van der Waals surface area contributed by atoms with E-state index in [1.165, 1.54) is 12.7 Å². The van der Waals surface area contributed by atoms with Crippen LogP contribution in [0.4, 0.5) is 0 Å². The molecule has 3 nitrogen and oxygen atoms in total. The van der Waals surface area contributed by atoms with Gasteiger partial charge in [-0.15, -0.1) is 0 Å². The molecule has 88 valence electrons. The molecule has 0 fully saturated rings. The summed E-state index contributed by atoms with van der Waals surface area (Å²) >= 11 is 0. The van der Waals surface area contributed by atoms with Crippen LogP contribution in [0, 0.1) is 13.8 Å². The van der Waals surface area contributed by atoms with E-state index in [1.54, 1.807) is 0 Å². The maximum absolute atomic E-state index is 11.7. The molecule has 3 heteroatoms. The van der Waals surface area contributed by atoms with Crippen LogP contribution in [0.25, 0.3) is 11.1 Å². The van der Waals surface area contributed by atoms with Crippen LogP contribution in [0.5, 0.6) is 0 Å². The third-order valence-corrected chi connectivity index (χ3v) is 2.83. The van der Waals surface area contributed by atoms with Gasteiger partial charge in [-0.25, -0.2) is 4.79 Å². The number of carbonyl (C=O) groups is 1. The van der Waals surface area contributed by atoms with Gasteiger partial charge in [0, 0.05) is 17.5 Å². The number of esters is 1. The smallest absolute Gasteiger partial charge is 0.340 e. The standard InChI is InChI=1S/C14H15NO2/c1-9-4-6-11(7-5-9)12-8-15-10(2)13(12)14(16)17-3/h4-8,15H,1-3H3. The number of H-pyrrole nitrogens is 1. The van der Waals surface area contributed by atoms with Crippen molar-refractivity contribution in [1.29, 1.82) is 0 Å². The number of carbonyl (C=O) groups excluding carboxylic acids is 1. The van der Waals surface area contributed by atoms with Crippen LogP contribution < -0.4 is 0 Å². The zero-order valence-corrected chi connectivity index (χ0v) is 10.2. The SMILES string of the molecule is COC(=O)c1c(-c2ccc(C)cc2)c[nH]c1C. The van der Waals surface area contributed by atoms with Gasteiger partial charge in [0.05, 0.1) is 12.7 Å². The van der Waals surface area contributed by atoms with Gasteiger partial charge in [-0.2, -0.15) is 0 Å². The molecule has 0 saturated heterocycles. The Morgan fingerprint density at radius 3 is 2.41 bits per heavy atom. The largest absolute Gasteiger partial charge is 0.465 e. The summed E-state index contributed by atoms with van der Waals surface area (Å²) in [5, 5.41) is 0. The molecule has 0 radical (unpaired) electrons. The first kappa shape index (κ1) is 11.5. The molecule has 1 N–H and O–H groups in total. The molecule has 0 aliphatic heterocycles. The van der Waals surface area contributed by atoms with E-state index in [0.29, 0.717) is 5.56 Å². The number of ether oxygens (including phenoxy) is 1. The van der Waals surface area contributed by atoms with Gasteiger partial charge in [-0.1, -0.05) is 29.8 Å². The number of hydrogen-bond donors (Lipinski definition) is 1. The lowest BCUT2D eigenvalue weighted by Crippen LogP contribution is -2.03. The van der Waals surface area contributed by atoms with Gasteiger partial charge in [0.2, 0.25) is 0 Å². The molecule has 17 heavy (non-hydrogen) atoms. The molecular weight excluding hydrogens is 214 g/mol. The third kappa shape index (κ3) is 2.09. The van der Waals surface area contributed by atoms with E-state index >= 15 is 0 Å². The van der Waals surface area contributed by atoms with Crippen molar-refractivity contribution in [3.05, 3.63) is 47.3 Å². The molecule has 0 atom stereocenters. The Morgan fingerprint density at radius 2 is 1.82 bits per heavy atom. The molecule has 0 unspecified atom stereocenters. The number of aromatic nitrogens is 1. The van der Waals surface area contributed by atoms with Gasteiger partial charge in [-0.3, -0.25) is 0 Å². The van der Waals surface area contributed by atoms with Crippen molar-refractivity contribution < 1.29 is 9.53 Å². The fourth-order valence-corrected chi connectivity index (χ4v) is 1.85. The third-order valence-electron chi connectivity index (χ3n) is 2.83. The van der Waals surface area contributed by atoms with Crippen LogP contribution in [0.2, 0.25) is 0 Å². The first-order chi connectivity index (χ1) is 8.13. The fourth-order valence-electron chi connectivity index (χ4n) is 1.85. The topological polar surface area (TPSA) is 42.1 Å². The second-order valence-corrected chi connectivity index (χ2v) is 4.06. The predicted molar refractivity (Wildman–Crippen MR) is 67.0 cm³/mol. The monoisotopic (exact) mass is 229 g/mol. The summed E-state index contributed by atoms with van der Waals surface area (Å²) in [7, 11) is 1.40. The van der Waals surface area contributed by atoms with Crippen LogP contribution in [-0.2, 0) is 4.74 Å². The molecule has 0 amide bonds. The normalized spacial score (nSPS) is 10.3. The van der Waals surface area contributed by atoms with Gasteiger partial charge < -0.3 is 9.72 Å². The minimum atomic E-state index is -0.306. The van der Waals surface area contributed by atoms with Crippen molar-refractivity contribution in [2.45, 2.75) is 13.8 Å². The van der Waals surface area contributed by atoms with Gasteiger partial charge in [0.15, 0.2) is 0 Å².